The van der Waals surface area contributed by atoms with Gasteiger partial charge in [-0.2, -0.15) is 0 Å². The van der Waals surface area contributed by atoms with Gasteiger partial charge in [-0.05, 0) is 12.6 Å². The van der Waals surface area contributed by atoms with E-state index >= 15 is 0 Å². The smallest absolute Gasteiger partial charge is 0.135 e. The average Bonchev–Trinajstić information content (AvgIpc) is 1.88. The number of rotatable bonds is 5. The molecule has 2 heteroatoms. The molecule has 0 aliphatic rings. The molecule has 0 rings (SSSR count). The fourth-order valence-electron chi connectivity index (χ4n) is 0.654. The van der Waals surface area contributed by atoms with Crippen molar-refractivity contribution in [1.29, 1.82) is 0 Å². The Balaban J connectivity index is 3.30. The lowest BCUT2D eigenvalue weighted by atomic mass is 10.1. The number of ketones is 1. The molecule has 0 saturated heterocycles. The highest BCUT2D eigenvalue weighted by Crippen LogP contribution is 2.04. The van der Waals surface area contributed by atoms with Gasteiger partial charge in [-0.1, -0.05) is 20.1 Å². The molecule has 0 N–H and O–H groups in total. The van der Waals surface area contributed by atoms with Crippen LogP contribution in [0.5, 0.6) is 0 Å². The van der Waals surface area contributed by atoms with Crippen molar-refractivity contribution in [1.82, 2.24) is 0 Å². The van der Waals surface area contributed by atoms with Gasteiger partial charge in [0.25, 0.3) is 0 Å². The number of carbonyl (C=O) groups excluding carboxylic acids is 1. The summed E-state index contributed by atoms with van der Waals surface area (Å²) in [5, 5.41) is 0. The van der Waals surface area contributed by atoms with Crippen molar-refractivity contribution in [2.75, 3.05) is 6.16 Å². The molecule has 0 unspecified atom stereocenters. The maximum Gasteiger partial charge on any atom is 0.135 e. The van der Waals surface area contributed by atoms with Crippen LogP contribution in [0.25, 0.3) is 0 Å². The first-order valence-electron chi connectivity index (χ1n) is 3.63. The summed E-state index contributed by atoms with van der Waals surface area (Å²) in [5.74, 6) is 0.588. The summed E-state index contributed by atoms with van der Waals surface area (Å²) in [7, 11) is 1.15. The van der Waals surface area contributed by atoms with Crippen LogP contribution in [0.1, 0.15) is 26.7 Å². The van der Waals surface area contributed by atoms with Crippen LogP contribution in [0.2, 0.25) is 0 Å². The van der Waals surface area contributed by atoms with E-state index in [2.05, 4.69) is 6.30 Å². The third-order valence-electron chi connectivity index (χ3n) is 1.38. The Hall–Kier alpha value is -0.160. The molecule has 1 nitrogen and oxygen atoms in total. The van der Waals surface area contributed by atoms with Gasteiger partial charge in [0.05, 0.1) is 0 Å². The SMILES string of the molecule is C=PCCCC(=O)C(C)C. The van der Waals surface area contributed by atoms with Gasteiger partial charge < -0.3 is 0 Å². The highest BCUT2D eigenvalue weighted by molar-refractivity contribution is 7.36. The van der Waals surface area contributed by atoms with Crippen molar-refractivity contribution in [2.45, 2.75) is 26.7 Å². The fourth-order valence-corrected chi connectivity index (χ4v) is 1.04. The van der Waals surface area contributed by atoms with E-state index < -0.39 is 0 Å². The molecule has 0 atom stereocenters. The Morgan fingerprint density at radius 1 is 1.60 bits per heavy atom. The molecule has 0 amide bonds. The van der Waals surface area contributed by atoms with Crippen LogP contribution < -0.4 is 0 Å². The van der Waals surface area contributed by atoms with E-state index in [1.165, 1.54) is 0 Å². The summed E-state index contributed by atoms with van der Waals surface area (Å²) in [5.41, 5.74) is 0. The van der Waals surface area contributed by atoms with Crippen molar-refractivity contribution < 1.29 is 4.79 Å². The van der Waals surface area contributed by atoms with Gasteiger partial charge in [0.15, 0.2) is 0 Å². The minimum Gasteiger partial charge on any atom is -0.299 e. The van der Waals surface area contributed by atoms with E-state index in [0.29, 0.717) is 5.78 Å². The molecule has 10 heavy (non-hydrogen) atoms. The van der Waals surface area contributed by atoms with Crippen LogP contribution in [-0.2, 0) is 4.79 Å². The molecule has 0 radical (unpaired) electrons. The topological polar surface area (TPSA) is 17.1 Å². The van der Waals surface area contributed by atoms with Gasteiger partial charge in [-0.3, -0.25) is 4.79 Å². The summed E-state index contributed by atoms with van der Waals surface area (Å²) in [6, 6.07) is 0. The third kappa shape index (κ3) is 4.69. The van der Waals surface area contributed by atoms with E-state index in [1.807, 2.05) is 13.8 Å². The molecule has 0 saturated carbocycles. The van der Waals surface area contributed by atoms with E-state index in [4.69, 9.17) is 0 Å². The van der Waals surface area contributed by atoms with E-state index in [-0.39, 0.29) is 5.92 Å². The van der Waals surface area contributed by atoms with E-state index in [0.717, 1.165) is 27.2 Å². The Morgan fingerprint density at radius 2 is 2.20 bits per heavy atom. The first-order chi connectivity index (χ1) is 4.68. The Bertz CT molecular complexity index is 118. The van der Waals surface area contributed by atoms with Crippen LogP contribution in [0.15, 0.2) is 0 Å². The predicted molar refractivity (Wildman–Crippen MR) is 48.0 cm³/mol. The van der Waals surface area contributed by atoms with Crippen LogP contribution in [0.3, 0.4) is 0 Å². The van der Waals surface area contributed by atoms with Crippen molar-refractivity contribution >= 4 is 20.3 Å². The summed E-state index contributed by atoms with van der Waals surface area (Å²) in [6.07, 6.45) is 6.48. The maximum absolute atomic E-state index is 11.0. The molecule has 0 fully saturated rings. The molecule has 0 aliphatic heterocycles. The molecule has 58 valence electrons. The van der Waals surface area contributed by atoms with Crippen molar-refractivity contribution in [3.8, 4) is 0 Å². The first kappa shape index (κ1) is 9.84. The molecular weight excluding hydrogens is 143 g/mol. The third-order valence-corrected chi connectivity index (χ3v) is 2.02. The maximum atomic E-state index is 11.0. The molecule has 0 aromatic heterocycles. The second-order valence-electron chi connectivity index (χ2n) is 2.67. The summed E-state index contributed by atoms with van der Waals surface area (Å²) < 4.78 is 0. The summed E-state index contributed by atoms with van der Waals surface area (Å²) in [4.78, 5) is 11.0. The lowest BCUT2D eigenvalue weighted by Gasteiger charge is -2.00. The van der Waals surface area contributed by atoms with Gasteiger partial charge in [-0.15, -0.1) is 8.20 Å². The standard InChI is InChI=1S/C8H15OP/c1-7(2)8(9)5-4-6-10-3/h7H,3-6H2,1-2H3. The van der Waals surface area contributed by atoms with E-state index in [9.17, 15) is 4.79 Å². The lowest BCUT2D eigenvalue weighted by molar-refractivity contribution is -0.121. The Morgan fingerprint density at radius 3 is 2.60 bits per heavy atom. The molecule has 0 spiro atoms. The molecule has 0 bridgehead atoms. The molecule has 0 heterocycles. The van der Waals surface area contributed by atoms with Gasteiger partial charge in [0.1, 0.15) is 5.78 Å². The molecular formula is C8H15OP. The molecule has 0 aliphatic carbocycles. The zero-order valence-electron chi connectivity index (χ0n) is 6.76. The number of Topliss-reactive ketones (excluding diaryl/α,β-unsaturated/α-hetero) is 1. The normalized spacial score (nSPS) is 10.7. The van der Waals surface area contributed by atoms with Crippen LogP contribution >= 0.6 is 8.20 Å². The van der Waals surface area contributed by atoms with Crippen LogP contribution in [-0.4, -0.2) is 18.2 Å². The van der Waals surface area contributed by atoms with Crippen molar-refractivity contribution in [3.63, 3.8) is 0 Å². The highest BCUT2D eigenvalue weighted by atomic mass is 31.1. The second kappa shape index (κ2) is 5.61. The monoisotopic (exact) mass is 158 g/mol. The molecule has 0 aromatic carbocycles. The van der Waals surface area contributed by atoms with Crippen LogP contribution in [0.4, 0.5) is 0 Å². The van der Waals surface area contributed by atoms with Crippen molar-refractivity contribution in [3.05, 3.63) is 0 Å². The van der Waals surface area contributed by atoms with Gasteiger partial charge in [-0.25, -0.2) is 0 Å². The average molecular weight is 158 g/mol. The van der Waals surface area contributed by atoms with Gasteiger partial charge in [0, 0.05) is 12.3 Å². The quantitative estimate of drug-likeness (QED) is 0.443. The summed E-state index contributed by atoms with van der Waals surface area (Å²) >= 11 is 0. The first-order valence-corrected chi connectivity index (χ1v) is 4.90. The number of carbonyl (C=O) groups is 1. The minimum atomic E-state index is 0.210. The largest absolute Gasteiger partial charge is 0.299 e. The summed E-state index contributed by atoms with van der Waals surface area (Å²) in [6.45, 7) is 3.90. The van der Waals surface area contributed by atoms with Crippen molar-refractivity contribution in [2.24, 2.45) is 5.92 Å². The fraction of sp³-hybridized carbons (Fsp3) is 0.750. The van der Waals surface area contributed by atoms with Gasteiger partial charge in [0.2, 0.25) is 0 Å². The molecule has 0 aromatic rings. The number of hydrogen-bond donors (Lipinski definition) is 0. The Labute approximate surface area is 64.6 Å². The highest BCUT2D eigenvalue weighted by Gasteiger charge is 2.04. The number of hydrogen-bond acceptors (Lipinski definition) is 1. The lowest BCUT2D eigenvalue weighted by Crippen LogP contribution is -2.06. The Kier molecular flexibility index (Phi) is 5.52. The zero-order valence-corrected chi connectivity index (χ0v) is 7.66. The van der Waals surface area contributed by atoms with E-state index in [1.54, 1.807) is 0 Å². The zero-order chi connectivity index (χ0) is 7.98. The van der Waals surface area contributed by atoms with Crippen LogP contribution in [0, 0.1) is 5.92 Å². The second-order valence-corrected chi connectivity index (χ2v) is 3.57. The van der Waals surface area contributed by atoms with Gasteiger partial charge >= 0.3 is 0 Å². The minimum absolute atomic E-state index is 0.210. The predicted octanol–water partition coefficient (Wildman–Crippen LogP) is 2.37.